The third-order valence-electron chi connectivity index (χ3n) is 3.01. The van der Waals surface area contributed by atoms with Gasteiger partial charge in [-0.15, -0.1) is 0 Å². The molecule has 0 fully saturated rings. The van der Waals surface area contributed by atoms with E-state index in [0.717, 1.165) is 0 Å². The Labute approximate surface area is 98.5 Å². The number of hydrogen-bond acceptors (Lipinski definition) is 0. The van der Waals surface area contributed by atoms with Gasteiger partial charge in [-0.25, -0.2) is 0 Å². The average Bonchev–Trinajstić information content (AvgIpc) is 2.63. The van der Waals surface area contributed by atoms with E-state index in [2.05, 4.69) is 62.4 Å². The maximum Gasteiger partial charge on any atom is 0.182 e. The Balaban J connectivity index is 2.59. The van der Waals surface area contributed by atoms with Gasteiger partial charge in [-0.2, -0.15) is 0 Å². The summed E-state index contributed by atoms with van der Waals surface area (Å²) in [5.74, 6) is 0. The molecule has 16 heavy (non-hydrogen) atoms. The van der Waals surface area contributed by atoms with E-state index in [4.69, 9.17) is 0 Å². The van der Waals surface area contributed by atoms with Crippen molar-refractivity contribution in [3.63, 3.8) is 0 Å². The smallest absolute Gasteiger partial charge is 0.0612 e. The van der Waals surface area contributed by atoms with E-state index in [1.165, 1.54) is 20.2 Å². The molecule has 0 unspecified atom stereocenters. The van der Waals surface area contributed by atoms with Crippen molar-refractivity contribution < 1.29 is 0 Å². The Morgan fingerprint density at radius 2 is 1.19 bits per heavy atom. The molecule has 0 spiro atoms. The summed E-state index contributed by atoms with van der Waals surface area (Å²) in [7, 11) is 0.271. The van der Waals surface area contributed by atoms with Gasteiger partial charge < -0.3 is 0 Å². The molecule has 0 saturated carbocycles. The van der Waals surface area contributed by atoms with Crippen molar-refractivity contribution in [2.24, 2.45) is 0 Å². The van der Waals surface area contributed by atoms with E-state index < -0.39 is 0 Å². The summed E-state index contributed by atoms with van der Waals surface area (Å²) in [5.41, 5.74) is 0. The minimum atomic E-state index is 0.271. The SMILES string of the molecule is CC(C)[s+]1c2ccccc2c2ccccc21. The summed E-state index contributed by atoms with van der Waals surface area (Å²) < 4.78 is 3.05. The molecule has 3 aromatic rings. The molecule has 1 heterocycles. The minimum absolute atomic E-state index is 0.271. The zero-order valence-electron chi connectivity index (χ0n) is 9.60. The number of benzene rings is 2. The summed E-state index contributed by atoms with van der Waals surface area (Å²) in [6.45, 7) is 4.64. The van der Waals surface area contributed by atoms with E-state index in [0.29, 0.717) is 5.25 Å². The summed E-state index contributed by atoms with van der Waals surface area (Å²) in [6.07, 6.45) is 0. The van der Waals surface area contributed by atoms with Crippen LogP contribution < -0.4 is 0 Å². The molecule has 0 amide bonds. The number of hydrogen-bond donors (Lipinski definition) is 0. The van der Waals surface area contributed by atoms with Gasteiger partial charge in [-0.1, -0.05) is 24.3 Å². The van der Waals surface area contributed by atoms with E-state index in [9.17, 15) is 0 Å². The Morgan fingerprint density at radius 3 is 1.62 bits per heavy atom. The lowest BCUT2D eigenvalue weighted by Crippen LogP contribution is -1.73. The average molecular weight is 227 g/mol. The van der Waals surface area contributed by atoms with Crippen molar-refractivity contribution in [2.75, 3.05) is 0 Å². The number of fused-ring (bicyclic) bond motifs is 3. The molecule has 0 N–H and O–H groups in total. The van der Waals surface area contributed by atoms with Crippen LogP contribution in [0.5, 0.6) is 0 Å². The molecule has 3 rings (SSSR count). The Kier molecular flexibility index (Phi) is 2.22. The maximum atomic E-state index is 2.32. The lowest BCUT2D eigenvalue weighted by atomic mass is 10.2. The van der Waals surface area contributed by atoms with Crippen LogP contribution in [-0.4, -0.2) is 0 Å². The van der Waals surface area contributed by atoms with Crippen molar-refractivity contribution in [1.82, 2.24) is 0 Å². The first-order valence-electron chi connectivity index (χ1n) is 5.70. The zero-order valence-corrected chi connectivity index (χ0v) is 10.4. The highest BCUT2D eigenvalue weighted by Gasteiger charge is 2.22. The summed E-state index contributed by atoms with van der Waals surface area (Å²) in [4.78, 5) is 0. The molecule has 0 aliphatic carbocycles. The second-order valence-corrected chi connectivity index (χ2v) is 6.88. The van der Waals surface area contributed by atoms with Crippen LogP contribution in [0.1, 0.15) is 19.1 Å². The molecule has 1 aromatic heterocycles. The third-order valence-corrected chi connectivity index (χ3v) is 5.61. The molecule has 0 aliphatic rings. The second-order valence-electron chi connectivity index (χ2n) is 4.38. The Morgan fingerprint density at radius 1 is 0.750 bits per heavy atom. The van der Waals surface area contributed by atoms with Gasteiger partial charge in [0.25, 0.3) is 0 Å². The zero-order chi connectivity index (χ0) is 11.1. The van der Waals surface area contributed by atoms with Crippen LogP contribution in [0.2, 0.25) is 0 Å². The van der Waals surface area contributed by atoms with Crippen molar-refractivity contribution in [2.45, 2.75) is 19.1 Å². The molecule has 0 radical (unpaired) electrons. The largest absolute Gasteiger partial charge is 0.182 e. The van der Waals surface area contributed by atoms with E-state index in [-0.39, 0.29) is 10.5 Å². The fraction of sp³-hybridized carbons (Fsp3) is 0.200. The van der Waals surface area contributed by atoms with E-state index in [1.54, 1.807) is 0 Å². The molecule has 0 atom stereocenters. The Bertz CT molecular complexity index is 593. The highest BCUT2D eigenvalue weighted by atomic mass is 32.2. The van der Waals surface area contributed by atoms with Gasteiger partial charge in [0.2, 0.25) is 0 Å². The monoisotopic (exact) mass is 227 g/mol. The van der Waals surface area contributed by atoms with Crippen molar-refractivity contribution in [3.05, 3.63) is 48.5 Å². The van der Waals surface area contributed by atoms with Crippen LogP contribution in [0.15, 0.2) is 48.5 Å². The van der Waals surface area contributed by atoms with Gasteiger partial charge in [0.05, 0.1) is 0 Å². The molecule has 2 aromatic carbocycles. The summed E-state index contributed by atoms with van der Waals surface area (Å²) in [5, 5.41) is 3.56. The fourth-order valence-electron chi connectivity index (χ4n) is 2.39. The molecule has 1 heteroatoms. The number of rotatable bonds is 1. The van der Waals surface area contributed by atoms with Crippen LogP contribution >= 0.6 is 10.5 Å². The second kappa shape index (κ2) is 3.60. The normalized spacial score (nSPS) is 11.7. The van der Waals surface area contributed by atoms with Gasteiger partial charge in [0.15, 0.2) is 9.40 Å². The van der Waals surface area contributed by atoms with Crippen LogP contribution in [-0.2, 0) is 0 Å². The fourth-order valence-corrected chi connectivity index (χ4v) is 4.92. The molecule has 0 nitrogen and oxygen atoms in total. The van der Waals surface area contributed by atoms with Crippen LogP contribution in [0.4, 0.5) is 0 Å². The minimum Gasteiger partial charge on any atom is -0.0612 e. The highest BCUT2D eigenvalue weighted by Crippen LogP contribution is 2.47. The predicted octanol–water partition coefficient (Wildman–Crippen LogP) is 5.32. The van der Waals surface area contributed by atoms with Gasteiger partial charge in [0, 0.05) is 10.8 Å². The highest BCUT2D eigenvalue weighted by molar-refractivity contribution is 7.43. The third kappa shape index (κ3) is 1.28. The molecule has 0 aliphatic heterocycles. The first-order chi connectivity index (χ1) is 7.79. The lowest BCUT2D eigenvalue weighted by molar-refractivity contribution is 1.03. The van der Waals surface area contributed by atoms with Crippen LogP contribution in [0, 0.1) is 0 Å². The quantitative estimate of drug-likeness (QED) is 0.493. The van der Waals surface area contributed by atoms with Gasteiger partial charge in [-0.05, 0) is 48.6 Å². The maximum absolute atomic E-state index is 2.32. The van der Waals surface area contributed by atoms with E-state index in [1.807, 2.05) is 0 Å². The molecule has 80 valence electrons. The number of thiophene rings is 1. The topological polar surface area (TPSA) is 0 Å². The van der Waals surface area contributed by atoms with Gasteiger partial charge in [0.1, 0.15) is 5.25 Å². The van der Waals surface area contributed by atoms with Gasteiger partial charge >= 0.3 is 0 Å². The molecular weight excluding hydrogens is 212 g/mol. The Hall–Kier alpha value is -1.34. The van der Waals surface area contributed by atoms with Crippen molar-refractivity contribution in [1.29, 1.82) is 0 Å². The standard InChI is InChI=1S/C15H15S/c1-11(2)16-14-9-5-3-7-12(14)13-8-4-6-10-15(13)16/h3-11H,1-2H3/q+1. The first-order valence-corrected chi connectivity index (χ1v) is 6.99. The summed E-state index contributed by atoms with van der Waals surface area (Å²) in [6, 6.07) is 17.7. The molecule has 0 saturated heterocycles. The lowest BCUT2D eigenvalue weighted by Gasteiger charge is -1.95. The van der Waals surface area contributed by atoms with Crippen LogP contribution in [0.3, 0.4) is 0 Å². The first kappa shape index (κ1) is 9.86. The van der Waals surface area contributed by atoms with Gasteiger partial charge in [-0.3, -0.25) is 0 Å². The van der Waals surface area contributed by atoms with Crippen molar-refractivity contribution >= 4 is 30.6 Å². The molecular formula is C15H15S+. The van der Waals surface area contributed by atoms with Crippen molar-refractivity contribution in [3.8, 4) is 0 Å². The summed E-state index contributed by atoms with van der Waals surface area (Å²) >= 11 is 0. The van der Waals surface area contributed by atoms with Crippen LogP contribution in [0.25, 0.3) is 20.2 Å². The van der Waals surface area contributed by atoms with E-state index >= 15 is 0 Å². The molecule has 0 bridgehead atoms. The predicted molar refractivity (Wildman–Crippen MR) is 74.3 cm³/mol.